The standard InChI is InChI=1S/C18H17N5O7/c1-3-29-13(25)6-10-15-14(9(7-19)17(20)30-18(15)22-21-10)8-4-11(23(26)27)16(28-2)12(24)5-8/h4-5,14,24H,3,6,20H2,1-2H3,(H,21,22). The molecule has 156 valence electrons. The zero-order valence-corrected chi connectivity index (χ0v) is 16.0. The van der Waals surface area contributed by atoms with Gasteiger partial charge < -0.3 is 25.1 Å². The molecule has 0 saturated carbocycles. The minimum atomic E-state index is -0.988. The molecular formula is C18H17N5O7. The van der Waals surface area contributed by atoms with E-state index in [1.807, 2.05) is 6.07 Å². The van der Waals surface area contributed by atoms with Crippen LogP contribution in [-0.4, -0.2) is 39.9 Å². The van der Waals surface area contributed by atoms with E-state index in [0.717, 1.165) is 6.07 Å². The number of phenols is 1. The van der Waals surface area contributed by atoms with Gasteiger partial charge in [-0.15, -0.1) is 5.10 Å². The number of carbonyl (C=O) groups is 1. The van der Waals surface area contributed by atoms with Gasteiger partial charge in [0.1, 0.15) is 11.6 Å². The Labute approximate surface area is 169 Å². The zero-order valence-electron chi connectivity index (χ0n) is 16.0. The Morgan fingerprint density at radius 3 is 2.87 bits per heavy atom. The highest BCUT2D eigenvalue weighted by atomic mass is 16.6. The summed E-state index contributed by atoms with van der Waals surface area (Å²) in [6.07, 6.45) is -0.209. The minimum Gasteiger partial charge on any atom is -0.504 e. The van der Waals surface area contributed by atoms with Gasteiger partial charge in [-0.05, 0) is 18.6 Å². The number of H-pyrrole nitrogens is 1. The number of aromatic nitrogens is 2. The Morgan fingerprint density at radius 1 is 1.53 bits per heavy atom. The number of hydrogen-bond acceptors (Lipinski definition) is 10. The maximum absolute atomic E-state index is 12.0. The summed E-state index contributed by atoms with van der Waals surface area (Å²) in [5.41, 5.74) is 6.01. The van der Waals surface area contributed by atoms with E-state index in [1.165, 1.54) is 13.2 Å². The van der Waals surface area contributed by atoms with E-state index in [2.05, 4.69) is 10.2 Å². The first-order valence-electron chi connectivity index (χ1n) is 8.67. The second-order valence-corrected chi connectivity index (χ2v) is 6.18. The molecule has 4 N–H and O–H groups in total. The number of nitrogens with two attached hydrogens (primary N) is 1. The van der Waals surface area contributed by atoms with Crippen LogP contribution in [0, 0.1) is 21.4 Å². The molecule has 0 aliphatic carbocycles. The molecule has 12 heteroatoms. The van der Waals surface area contributed by atoms with Gasteiger partial charge in [-0.2, -0.15) is 5.26 Å². The molecular weight excluding hydrogens is 398 g/mol. The lowest BCUT2D eigenvalue weighted by Crippen LogP contribution is -2.22. The van der Waals surface area contributed by atoms with Crippen molar-refractivity contribution in [3.8, 4) is 23.4 Å². The summed E-state index contributed by atoms with van der Waals surface area (Å²) in [7, 11) is 1.18. The number of esters is 1. The van der Waals surface area contributed by atoms with Crippen molar-refractivity contribution in [3.05, 3.63) is 50.5 Å². The number of phenolic OH excluding ortho intramolecular Hbond substituents is 1. The van der Waals surface area contributed by atoms with Crippen molar-refractivity contribution in [3.63, 3.8) is 0 Å². The van der Waals surface area contributed by atoms with Crippen LogP contribution in [0.1, 0.15) is 29.7 Å². The second-order valence-electron chi connectivity index (χ2n) is 6.18. The first kappa shape index (κ1) is 20.5. The molecule has 1 aromatic carbocycles. The number of hydrogen-bond donors (Lipinski definition) is 3. The number of nitrogens with one attached hydrogen (secondary N) is 1. The Bertz CT molecular complexity index is 1100. The number of rotatable bonds is 6. The third-order valence-corrected chi connectivity index (χ3v) is 4.45. The average molecular weight is 415 g/mol. The summed E-state index contributed by atoms with van der Waals surface area (Å²) >= 11 is 0. The monoisotopic (exact) mass is 415 g/mol. The van der Waals surface area contributed by atoms with Gasteiger partial charge in [0.15, 0.2) is 5.75 Å². The third-order valence-electron chi connectivity index (χ3n) is 4.45. The number of fused-ring (bicyclic) bond motifs is 1. The fraction of sp³-hybridized carbons (Fsp3) is 0.278. The minimum absolute atomic E-state index is 0.00811. The molecule has 12 nitrogen and oxygen atoms in total. The fourth-order valence-corrected chi connectivity index (χ4v) is 3.26. The number of methoxy groups -OCH3 is 1. The molecule has 3 rings (SSSR count). The fourth-order valence-electron chi connectivity index (χ4n) is 3.26. The smallest absolute Gasteiger partial charge is 0.315 e. The number of carbonyl (C=O) groups excluding carboxylic acids is 1. The van der Waals surface area contributed by atoms with E-state index in [9.17, 15) is 25.3 Å². The van der Waals surface area contributed by atoms with Crippen LogP contribution in [0.15, 0.2) is 23.6 Å². The SMILES string of the molecule is CCOC(=O)Cc1[nH]nc2c1C(c1cc(O)c(OC)c([N+](=O)[O-])c1)C(C#N)=C(N)O2. The number of aromatic amines is 1. The van der Waals surface area contributed by atoms with Crippen LogP contribution in [-0.2, 0) is 16.0 Å². The lowest BCUT2D eigenvalue weighted by molar-refractivity contribution is -0.385. The van der Waals surface area contributed by atoms with Gasteiger partial charge in [0, 0.05) is 6.07 Å². The molecule has 1 unspecified atom stereocenters. The molecule has 1 aliphatic rings. The number of aromatic hydroxyl groups is 1. The van der Waals surface area contributed by atoms with Gasteiger partial charge in [-0.25, -0.2) is 0 Å². The van der Waals surface area contributed by atoms with E-state index < -0.39 is 28.2 Å². The Morgan fingerprint density at radius 2 is 2.27 bits per heavy atom. The van der Waals surface area contributed by atoms with Crippen LogP contribution < -0.4 is 15.2 Å². The normalized spacial score (nSPS) is 15.0. The summed E-state index contributed by atoms with van der Waals surface area (Å²) in [5, 5.41) is 38.0. The Balaban J connectivity index is 2.22. The van der Waals surface area contributed by atoms with Gasteiger partial charge >= 0.3 is 11.7 Å². The number of allylic oxidation sites excluding steroid dienone is 1. The summed E-state index contributed by atoms with van der Waals surface area (Å²) in [4.78, 5) is 22.7. The molecule has 30 heavy (non-hydrogen) atoms. The predicted octanol–water partition coefficient (Wildman–Crippen LogP) is 1.36. The van der Waals surface area contributed by atoms with E-state index in [1.54, 1.807) is 6.92 Å². The van der Waals surface area contributed by atoms with Gasteiger partial charge in [0.2, 0.25) is 17.5 Å². The Kier molecular flexibility index (Phi) is 5.45. The number of nitrogens with zero attached hydrogens (tertiary/aromatic N) is 3. The van der Waals surface area contributed by atoms with Gasteiger partial charge in [-0.3, -0.25) is 20.0 Å². The number of nitriles is 1. The molecule has 0 amide bonds. The van der Waals surface area contributed by atoms with Crippen LogP contribution in [0.3, 0.4) is 0 Å². The van der Waals surface area contributed by atoms with E-state index in [0.29, 0.717) is 0 Å². The lowest BCUT2D eigenvalue weighted by Gasteiger charge is -2.24. The molecule has 1 aromatic heterocycles. The first-order chi connectivity index (χ1) is 14.3. The highest BCUT2D eigenvalue weighted by Gasteiger charge is 2.37. The van der Waals surface area contributed by atoms with Gasteiger partial charge in [0.05, 0.1) is 42.2 Å². The number of ether oxygens (including phenoxy) is 3. The summed E-state index contributed by atoms with van der Waals surface area (Å²) in [6.45, 7) is 1.83. The van der Waals surface area contributed by atoms with Crippen molar-refractivity contribution < 1.29 is 29.0 Å². The third kappa shape index (κ3) is 3.44. The first-order valence-corrected chi connectivity index (χ1v) is 8.67. The molecule has 2 heterocycles. The summed E-state index contributed by atoms with van der Waals surface area (Å²) in [5.74, 6) is -2.60. The molecule has 0 bridgehead atoms. The molecule has 1 atom stereocenters. The summed E-state index contributed by atoms with van der Waals surface area (Å²) in [6, 6.07) is 4.30. The highest BCUT2D eigenvalue weighted by Crippen LogP contribution is 2.47. The second kappa shape index (κ2) is 8.00. The average Bonchev–Trinajstić information content (AvgIpc) is 3.08. The molecule has 0 fully saturated rings. The number of nitro groups is 1. The van der Waals surface area contributed by atoms with Crippen LogP contribution >= 0.6 is 0 Å². The number of nitro benzene ring substituents is 1. The van der Waals surface area contributed by atoms with Crippen molar-refractivity contribution in [2.75, 3.05) is 13.7 Å². The maximum atomic E-state index is 12.0. The van der Waals surface area contributed by atoms with E-state index in [-0.39, 0.29) is 52.9 Å². The Hall–Kier alpha value is -4.27. The van der Waals surface area contributed by atoms with Crippen molar-refractivity contribution in [2.45, 2.75) is 19.3 Å². The van der Waals surface area contributed by atoms with Crippen molar-refractivity contribution in [1.29, 1.82) is 5.26 Å². The highest BCUT2D eigenvalue weighted by molar-refractivity contribution is 5.73. The topological polar surface area (TPSA) is 187 Å². The van der Waals surface area contributed by atoms with Crippen LogP contribution in [0.5, 0.6) is 17.4 Å². The van der Waals surface area contributed by atoms with Gasteiger partial charge in [-0.1, -0.05) is 0 Å². The zero-order chi connectivity index (χ0) is 22.0. The maximum Gasteiger partial charge on any atom is 0.315 e. The molecule has 2 aromatic rings. The van der Waals surface area contributed by atoms with Crippen molar-refractivity contribution in [2.24, 2.45) is 5.73 Å². The van der Waals surface area contributed by atoms with Crippen molar-refractivity contribution >= 4 is 11.7 Å². The quantitative estimate of drug-likeness (QED) is 0.353. The van der Waals surface area contributed by atoms with Crippen LogP contribution in [0.2, 0.25) is 0 Å². The van der Waals surface area contributed by atoms with Crippen molar-refractivity contribution in [1.82, 2.24) is 10.2 Å². The van der Waals surface area contributed by atoms with Crippen LogP contribution in [0.4, 0.5) is 5.69 Å². The molecule has 0 spiro atoms. The number of benzene rings is 1. The largest absolute Gasteiger partial charge is 0.504 e. The predicted molar refractivity (Wildman–Crippen MR) is 99.5 cm³/mol. The summed E-state index contributed by atoms with van der Waals surface area (Å²) < 4.78 is 15.2. The van der Waals surface area contributed by atoms with Gasteiger partial charge in [0.25, 0.3) is 0 Å². The lowest BCUT2D eigenvalue weighted by atomic mass is 9.83. The molecule has 0 saturated heterocycles. The van der Waals surface area contributed by atoms with Crippen LogP contribution in [0.25, 0.3) is 0 Å². The molecule has 1 aliphatic heterocycles. The van der Waals surface area contributed by atoms with E-state index >= 15 is 0 Å². The molecule has 0 radical (unpaired) electrons. The van der Waals surface area contributed by atoms with E-state index in [4.69, 9.17) is 19.9 Å².